The second-order valence-electron chi connectivity index (χ2n) is 5.73. The Kier molecular flexibility index (Phi) is 4.09. The monoisotopic (exact) mass is 256 g/mol. The summed E-state index contributed by atoms with van der Waals surface area (Å²) >= 11 is 0. The Morgan fingerprint density at radius 3 is 2.44 bits per heavy atom. The molecule has 6 nitrogen and oxygen atoms in total. The lowest BCUT2D eigenvalue weighted by molar-refractivity contribution is 0.0284. The van der Waals surface area contributed by atoms with Crippen LogP contribution in [0.5, 0.6) is 0 Å². The maximum absolute atomic E-state index is 11.9. The quantitative estimate of drug-likeness (QED) is 0.688. The summed E-state index contributed by atoms with van der Waals surface area (Å²) < 4.78 is 0. The summed E-state index contributed by atoms with van der Waals surface area (Å²) in [6.45, 7) is 8.23. The molecule has 18 heavy (non-hydrogen) atoms. The summed E-state index contributed by atoms with van der Waals surface area (Å²) in [5, 5.41) is 8.35. The molecule has 0 aromatic heterocycles. The van der Waals surface area contributed by atoms with Crippen molar-refractivity contribution in [2.75, 3.05) is 14.1 Å². The second-order valence-corrected chi connectivity index (χ2v) is 5.73. The van der Waals surface area contributed by atoms with Gasteiger partial charge in [-0.05, 0) is 5.92 Å². The van der Waals surface area contributed by atoms with E-state index in [0.717, 1.165) is 0 Å². The highest BCUT2D eigenvalue weighted by atomic mass is 16.2. The third-order valence-corrected chi connectivity index (χ3v) is 3.65. The summed E-state index contributed by atoms with van der Waals surface area (Å²) in [7, 11) is 3.25. The van der Waals surface area contributed by atoms with Gasteiger partial charge in [0.25, 0.3) is 0 Å². The minimum Gasteiger partial charge on any atom is -0.341 e. The van der Waals surface area contributed by atoms with E-state index in [1.54, 1.807) is 14.1 Å². The van der Waals surface area contributed by atoms with Crippen LogP contribution in [0.3, 0.4) is 0 Å². The zero-order valence-electron chi connectivity index (χ0n) is 12.0. The first-order valence-corrected chi connectivity index (χ1v) is 6.23. The average Bonchev–Trinajstić information content (AvgIpc) is 2.28. The summed E-state index contributed by atoms with van der Waals surface area (Å²) in [4.78, 5) is 25.0. The molecule has 0 aliphatic carbocycles. The van der Waals surface area contributed by atoms with Crippen LogP contribution in [0.2, 0.25) is 0 Å². The van der Waals surface area contributed by atoms with Crippen molar-refractivity contribution in [1.29, 1.82) is 0 Å². The van der Waals surface area contributed by atoms with Gasteiger partial charge >= 0.3 is 12.1 Å². The molecule has 0 saturated carbocycles. The highest BCUT2D eigenvalue weighted by Gasteiger charge is 2.48. The molecule has 1 rings (SSSR count). The Morgan fingerprint density at radius 2 is 2.00 bits per heavy atom. The van der Waals surface area contributed by atoms with Crippen LogP contribution >= 0.6 is 0 Å². The van der Waals surface area contributed by atoms with Crippen LogP contribution in [-0.2, 0) is 0 Å². The normalized spacial score (nSPS) is 26.8. The summed E-state index contributed by atoms with van der Waals surface area (Å²) in [6, 6.07) is -0.421. The number of urea groups is 2. The molecular weight excluding hydrogens is 232 g/mol. The number of nitrogens with one attached hydrogen (secondary N) is 3. The molecule has 3 N–H and O–H groups in total. The van der Waals surface area contributed by atoms with E-state index < -0.39 is 0 Å². The summed E-state index contributed by atoms with van der Waals surface area (Å²) in [5.41, 5.74) is -0.261. The van der Waals surface area contributed by atoms with Gasteiger partial charge in [0.15, 0.2) is 0 Å². The van der Waals surface area contributed by atoms with Crippen LogP contribution in [-0.4, -0.2) is 43.3 Å². The molecule has 0 aromatic carbocycles. The number of hydrogen-bond donors (Lipinski definition) is 3. The molecule has 6 heteroatoms. The fourth-order valence-electron chi connectivity index (χ4n) is 2.71. The maximum Gasteiger partial charge on any atom is 0.319 e. The smallest absolute Gasteiger partial charge is 0.319 e. The predicted octanol–water partition coefficient (Wildman–Crippen LogP) is 0.947. The molecule has 1 aliphatic rings. The third kappa shape index (κ3) is 2.52. The third-order valence-electron chi connectivity index (χ3n) is 3.65. The van der Waals surface area contributed by atoms with Crippen molar-refractivity contribution >= 4 is 12.1 Å². The van der Waals surface area contributed by atoms with Gasteiger partial charge in [0.05, 0.1) is 0 Å². The van der Waals surface area contributed by atoms with E-state index in [1.807, 2.05) is 13.8 Å². The first kappa shape index (κ1) is 14.6. The van der Waals surface area contributed by atoms with Gasteiger partial charge in [-0.25, -0.2) is 9.59 Å². The van der Waals surface area contributed by atoms with Crippen molar-refractivity contribution in [3.8, 4) is 0 Å². The number of amides is 4. The molecule has 1 aliphatic heterocycles. The van der Waals surface area contributed by atoms with Crippen LogP contribution < -0.4 is 16.0 Å². The maximum atomic E-state index is 11.9. The van der Waals surface area contributed by atoms with E-state index in [4.69, 9.17) is 0 Å². The number of hydrogen-bond acceptors (Lipinski definition) is 2. The molecule has 0 radical (unpaired) electrons. The lowest BCUT2D eigenvalue weighted by Gasteiger charge is -2.51. The first-order valence-electron chi connectivity index (χ1n) is 6.23. The average molecular weight is 256 g/mol. The molecule has 104 valence electrons. The first-order chi connectivity index (χ1) is 8.21. The molecule has 1 fully saturated rings. The highest BCUT2D eigenvalue weighted by Crippen LogP contribution is 2.34. The van der Waals surface area contributed by atoms with Crippen molar-refractivity contribution in [1.82, 2.24) is 20.9 Å². The molecule has 0 bridgehead atoms. The number of carbonyl (C=O) groups excluding carboxylic acids is 2. The molecule has 1 heterocycles. The van der Waals surface area contributed by atoms with E-state index in [1.165, 1.54) is 4.90 Å². The van der Waals surface area contributed by atoms with Crippen molar-refractivity contribution in [2.24, 2.45) is 11.3 Å². The summed E-state index contributed by atoms with van der Waals surface area (Å²) in [6.07, 6.45) is -0.335. The zero-order valence-corrected chi connectivity index (χ0v) is 12.0. The van der Waals surface area contributed by atoms with E-state index >= 15 is 0 Å². The molecule has 0 aromatic rings. The Hall–Kier alpha value is -1.46. The van der Waals surface area contributed by atoms with Gasteiger partial charge in [0.2, 0.25) is 0 Å². The van der Waals surface area contributed by atoms with Crippen molar-refractivity contribution < 1.29 is 9.59 Å². The molecule has 0 spiro atoms. The van der Waals surface area contributed by atoms with Crippen LogP contribution in [0.15, 0.2) is 0 Å². The van der Waals surface area contributed by atoms with Crippen LogP contribution in [0, 0.1) is 11.3 Å². The Balaban J connectivity index is 3.01. The lowest BCUT2D eigenvalue weighted by Crippen LogP contribution is -2.71. The molecule has 4 amide bonds. The van der Waals surface area contributed by atoms with E-state index in [0.29, 0.717) is 5.92 Å². The van der Waals surface area contributed by atoms with Gasteiger partial charge in [0, 0.05) is 25.6 Å². The second kappa shape index (κ2) is 5.04. The van der Waals surface area contributed by atoms with E-state index in [2.05, 4.69) is 29.8 Å². The predicted molar refractivity (Wildman–Crippen MR) is 70.1 cm³/mol. The SMILES string of the molecule is CNC(=O)N[C@@H]1N(C)C(=O)N[C@@H](C(C)C)C1(C)C. The van der Waals surface area contributed by atoms with Crippen LogP contribution in [0.4, 0.5) is 9.59 Å². The minimum atomic E-state index is -0.335. The van der Waals surface area contributed by atoms with E-state index in [9.17, 15) is 9.59 Å². The summed E-state index contributed by atoms with van der Waals surface area (Å²) in [5.74, 6) is 0.298. The Morgan fingerprint density at radius 1 is 1.44 bits per heavy atom. The largest absolute Gasteiger partial charge is 0.341 e. The lowest BCUT2D eigenvalue weighted by atomic mass is 9.74. The highest BCUT2D eigenvalue weighted by molar-refractivity contribution is 5.78. The van der Waals surface area contributed by atoms with Crippen molar-refractivity contribution in [2.45, 2.75) is 39.9 Å². The Labute approximate surface area is 108 Å². The minimum absolute atomic E-state index is 0.0170. The fraction of sp³-hybridized carbons (Fsp3) is 0.833. The molecule has 0 unspecified atom stereocenters. The van der Waals surface area contributed by atoms with Gasteiger partial charge in [0.1, 0.15) is 6.17 Å². The fourth-order valence-corrected chi connectivity index (χ4v) is 2.71. The van der Waals surface area contributed by atoms with Gasteiger partial charge in [-0.15, -0.1) is 0 Å². The van der Waals surface area contributed by atoms with Crippen molar-refractivity contribution in [3.05, 3.63) is 0 Å². The molecule has 2 atom stereocenters. The van der Waals surface area contributed by atoms with Crippen LogP contribution in [0.1, 0.15) is 27.7 Å². The van der Waals surface area contributed by atoms with Gasteiger partial charge < -0.3 is 20.9 Å². The number of carbonyl (C=O) groups is 2. The molecular formula is C12H24N4O2. The number of nitrogens with zero attached hydrogens (tertiary/aromatic N) is 1. The zero-order chi connectivity index (χ0) is 14.1. The Bertz CT molecular complexity index is 341. The van der Waals surface area contributed by atoms with Crippen LogP contribution in [0.25, 0.3) is 0 Å². The van der Waals surface area contributed by atoms with Crippen molar-refractivity contribution in [3.63, 3.8) is 0 Å². The molecule has 1 saturated heterocycles. The van der Waals surface area contributed by atoms with E-state index in [-0.39, 0.29) is 29.7 Å². The van der Waals surface area contributed by atoms with Gasteiger partial charge in [-0.2, -0.15) is 0 Å². The topological polar surface area (TPSA) is 73.5 Å². The van der Waals surface area contributed by atoms with Gasteiger partial charge in [-0.3, -0.25) is 0 Å². The number of rotatable bonds is 2. The van der Waals surface area contributed by atoms with Gasteiger partial charge in [-0.1, -0.05) is 27.7 Å². The standard InChI is InChI=1S/C12H24N4O2/c1-7(2)8-12(3,4)9(15-10(17)13-5)16(6)11(18)14-8/h7-9H,1-6H3,(H,14,18)(H2,13,15,17)/t8-,9+/m0/s1.